The fourth-order valence-electron chi connectivity index (χ4n) is 1.53. The molecule has 1 aromatic carbocycles. The van der Waals surface area contributed by atoms with Gasteiger partial charge in [-0.25, -0.2) is 4.39 Å². The number of carbonyl (C=O) groups is 1. The van der Waals surface area contributed by atoms with Crippen LogP contribution in [-0.2, 0) is 0 Å². The summed E-state index contributed by atoms with van der Waals surface area (Å²) in [5.74, 6) is -1.29. The van der Waals surface area contributed by atoms with Crippen LogP contribution in [0.5, 0.6) is 0 Å². The van der Waals surface area contributed by atoms with E-state index in [2.05, 4.69) is 10.5 Å². The molecular weight excluding hydrogens is 237 g/mol. The van der Waals surface area contributed by atoms with Gasteiger partial charge in [0.05, 0.1) is 11.6 Å². The third-order valence-corrected chi connectivity index (χ3v) is 2.47. The Balaban J connectivity index is 2.82. The third kappa shape index (κ3) is 3.44. The summed E-state index contributed by atoms with van der Waals surface area (Å²) in [5.41, 5.74) is 5.39. The van der Waals surface area contributed by atoms with E-state index in [1.165, 1.54) is 18.2 Å². The Bertz CT molecular complexity index is 449. The first-order chi connectivity index (χ1) is 8.60. The number of oxime groups is 1. The highest BCUT2D eigenvalue weighted by molar-refractivity contribution is 5.98. The molecule has 0 saturated heterocycles. The van der Waals surface area contributed by atoms with Gasteiger partial charge in [-0.15, -0.1) is 0 Å². The topological polar surface area (TPSA) is 87.7 Å². The van der Waals surface area contributed by atoms with E-state index >= 15 is 0 Å². The van der Waals surface area contributed by atoms with Gasteiger partial charge in [0.15, 0.2) is 5.84 Å². The fourth-order valence-corrected chi connectivity index (χ4v) is 1.53. The zero-order chi connectivity index (χ0) is 13.5. The highest BCUT2D eigenvalue weighted by atomic mass is 19.1. The minimum Gasteiger partial charge on any atom is -0.409 e. The first-order valence-corrected chi connectivity index (χ1v) is 5.63. The van der Waals surface area contributed by atoms with Gasteiger partial charge in [-0.3, -0.25) is 4.79 Å². The molecule has 0 aromatic heterocycles. The van der Waals surface area contributed by atoms with E-state index in [9.17, 15) is 9.18 Å². The summed E-state index contributed by atoms with van der Waals surface area (Å²) >= 11 is 0. The molecule has 6 heteroatoms. The average Bonchev–Trinajstić information content (AvgIpc) is 2.37. The van der Waals surface area contributed by atoms with E-state index < -0.39 is 17.8 Å². The zero-order valence-corrected chi connectivity index (χ0v) is 10.1. The number of amides is 1. The summed E-state index contributed by atoms with van der Waals surface area (Å²) in [6.07, 6.45) is 1.24. The Labute approximate surface area is 104 Å². The van der Waals surface area contributed by atoms with Crippen LogP contribution in [0.1, 0.15) is 30.1 Å². The Morgan fingerprint density at radius 3 is 2.78 bits per heavy atom. The zero-order valence-electron chi connectivity index (χ0n) is 10.1. The maximum absolute atomic E-state index is 13.4. The molecule has 4 N–H and O–H groups in total. The molecule has 0 bridgehead atoms. The molecule has 0 spiro atoms. The minimum absolute atomic E-state index is 0.0654. The van der Waals surface area contributed by atoms with Gasteiger partial charge in [0.1, 0.15) is 5.82 Å². The van der Waals surface area contributed by atoms with Gasteiger partial charge in [0, 0.05) is 0 Å². The first-order valence-electron chi connectivity index (χ1n) is 5.63. The van der Waals surface area contributed by atoms with E-state index in [4.69, 9.17) is 10.9 Å². The number of benzene rings is 1. The van der Waals surface area contributed by atoms with Crippen LogP contribution < -0.4 is 11.1 Å². The molecular formula is C12H16FN3O2. The van der Waals surface area contributed by atoms with Gasteiger partial charge < -0.3 is 16.3 Å². The van der Waals surface area contributed by atoms with E-state index in [-0.39, 0.29) is 11.4 Å². The largest absolute Gasteiger partial charge is 0.409 e. The van der Waals surface area contributed by atoms with Crippen molar-refractivity contribution in [3.05, 3.63) is 35.6 Å². The summed E-state index contributed by atoms with van der Waals surface area (Å²) in [7, 11) is 0. The lowest BCUT2D eigenvalue weighted by molar-refractivity contribution is 0.0941. The second-order valence-electron chi connectivity index (χ2n) is 3.82. The van der Waals surface area contributed by atoms with Gasteiger partial charge in [-0.05, 0) is 18.6 Å². The minimum atomic E-state index is -0.607. The Hall–Kier alpha value is -2.11. The molecule has 0 heterocycles. The van der Waals surface area contributed by atoms with Crippen molar-refractivity contribution >= 4 is 11.7 Å². The van der Waals surface area contributed by atoms with Crippen molar-refractivity contribution in [1.82, 2.24) is 5.32 Å². The van der Waals surface area contributed by atoms with E-state index in [1.54, 1.807) is 6.07 Å². The van der Waals surface area contributed by atoms with Crippen LogP contribution >= 0.6 is 0 Å². The van der Waals surface area contributed by atoms with E-state index in [0.29, 0.717) is 6.42 Å². The predicted octanol–water partition coefficient (Wildman–Crippen LogP) is 1.47. The number of nitrogens with one attached hydrogen (secondary N) is 1. The van der Waals surface area contributed by atoms with Crippen LogP contribution in [0.4, 0.5) is 4.39 Å². The monoisotopic (exact) mass is 253 g/mol. The Morgan fingerprint density at radius 1 is 1.56 bits per heavy atom. The molecule has 0 saturated carbocycles. The molecule has 98 valence electrons. The summed E-state index contributed by atoms with van der Waals surface area (Å²) < 4.78 is 13.4. The molecule has 0 fully saturated rings. The summed E-state index contributed by atoms with van der Waals surface area (Å²) in [4.78, 5) is 11.8. The smallest absolute Gasteiger partial charge is 0.254 e. The molecule has 5 nitrogen and oxygen atoms in total. The highest BCUT2D eigenvalue weighted by Crippen LogP contribution is 2.07. The van der Waals surface area contributed by atoms with Crippen molar-refractivity contribution in [3.63, 3.8) is 0 Å². The van der Waals surface area contributed by atoms with Crippen LogP contribution in [0.3, 0.4) is 0 Å². The molecule has 1 unspecified atom stereocenters. The van der Waals surface area contributed by atoms with Crippen molar-refractivity contribution in [2.75, 3.05) is 0 Å². The second-order valence-corrected chi connectivity index (χ2v) is 3.82. The van der Waals surface area contributed by atoms with Crippen molar-refractivity contribution in [3.8, 4) is 0 Å². The molecule has 0 aliphatic carbocycles. The molecule has 1 aromatic rings. The molecule has 0 radical (unpaired) electrons. The first kappa shape index (κ1) is 14.0. The average molecular weight is 253 g/mol. The standard InChI is InChI=1S/C12H16FN3O2/c1-2-5-10(11(14)16-18)15-12(17)8-6-3-4-7-9(8)13/h3-4,6-7,10,18H,2,5H2,1H3,(H2,14,16)(H,15,17). The van der Waals surface area contributed by atoms with Gasteiger partial charge in [-0.2, -0.15) is 0 Å². The predicted molar refractivity (Wildman–Crippen MR) is 66.0 cm³/mol. The van der Waals surface area contributed by atoms with Gasteiger partial charge in [0.2, 0.25) is 0 Å². The summed E-state index contributed by atoms with van der Waals surface area (Å²) in [6.45, 7) is 1.90. The second kappa shape index (κ2) is 6.58. The summed E-state index contributed by atoms with van der Waals surface area (Å²) in [6, 6.07) is 5.04. The molecule has 18 heavy (non-hydrogen) atoms. The molecule has 0 aliphatic rings. The highest BCUT2D eigenvalue weighted by Gasteiger charge is 2.18. The molecule has 1 atom stereocenters. The molecule has 1 rings (SSSR count). The van der Waals surface area contributed by atoms with Crippen LogP contribution in [0.25, 0.3) is 0 Å². The number of halogens is 1. The van der Waals surface area contributed by atoms with E-state index in [0.717, 1.165) is 6.42 Å². The molecule has 1 amide bonds. The lowest BCUT2D eigenvalue weighted by Crippen LogP contribution is -2.44. The van der Waals surface area contributed by atoms with Crippen molar-refractivity contribution in [2.45, 2.75) is 25.8 Å². The van der Waals surface area contributed by atoms with Crippen LogP contribution in [-0.4, -0.2) is 23.0 Å². The number of nitrogens with zero attached hydrogens (tertiary/aromatic N) is 1. The number of amidine groups is 1. The Kier molecular flexibility index (Phi) is 5.10. The Morgan fingerprint density at radius 2 is 2.22 bits per heavy atom. The lowest BCUT2D eigenvalue weighted by atomic mass is 10.1. The lowest BCUT2D eigenvalue weighted by Gasteiger charge is -2.16. The number of carbonyl (C=O) groups excluding carboxylic acids is 1. The maximum atomic E-state index is 13.4. The fraction of sp³-hybridized carbons (Fsp3) is 0.333. The SMILES string of the molecule is CCCC(NC(=O)c1ccccc1F)/C(N)=N/O. The summed E-state index contributed by atoms with van der Waals surface area (Å²) in [5, 5.41) is 14.0. The van der Waals surface area contributed by atoms with Crippen molar-refractivity contribution in [1.29, 1.82) is 0 Å². The van der Waals surface area contributed by atoms with E-state index in [1.807, 2.05) is 6.92 Å². The van der Waals surface area contributed by atoms with Gasteiger partial charge in [-0.1, -0.05) is 30.6 Å². The normalized spacial score (nSPS) is 13.1. The van der Waals surface area contributed by atoms with Crippen molar-refractivity contribution < 1.29 is 14.4 Å². The quantitative estimate of drug-likeness (QED) is 0.321. The van der Waals surface area contributed by atoms with Gasteiger partial charge >= 0.3 is 0 Å². The number of nitrogens with two attached hydrogens (primary N) is 1. The third-order valence-electron chi connectivity index (χ3n) is 2.47. The number of hydrogen-bond donors (Lipinski definition) is 3. The molecule has 0 aliphatic heterocycles. The van der Waals surface area contributed by atoms with Crippen LogP contribution in [0.2, 0.25) is 0 Å². The van der Waals surface area contributed by atoms with Crippen LogP contribution in [0.15, 0.2) is 29.4 Å². The maximum Gasteiger partial charge on any atom is 0.254 e. The van der Waals surface area contributed by atoms with Crippen molar-refractivity contribution in [2.24, 2.45) is 10.9 Å². The van der Waals surface area contributed by atoms with Crippen LogP contribution in [0, 0.1) is 5.82 Å². The number of rotatable bonds is 5. The number of hydrogen-bond acceptors (Lipinski definition) is 3. The van der Waals surface area contributed by atoms with Gasteiger partial charge in [0.25, 0.3) is 5.91 Å².